The van der Waals surface area contributed by atoms with Gasteiger partial charge in [0.2, 0.25) is 0 Å². The number of rotatable bonds is 11. The minimum absolute atomic E-state index is 0.0652. The summed E-state index contributed by atoms with van der Waals surface area (Å²) in [5.41, 5.74) is 9.03. The fraction of sp³-hybridized carbons (Fsp3) is 0.343. The maximum absolute atomic E-state index is 13.8. The highest BCUT2D eigenvalue weighted by Crippen LogP contribution is 2.32. The molecule has 13 nitrogen and oxygen atoms in total. The van der Waals surface area contributed by atoms with Crippen molar-refractivity contribution in [1.82, 2.24) is 15.0 Å². The van der Waals surface area contributed by atoms with Crippen molar-refractivity contribution in [3.63, 3.8) is 0 Å². The first kappa shape index (κ1) is 35.4. The number of aliphatic hydroxyl groups excluding tert-OH is 1. The van der Waals surface area contributed by atoms with Crippen LogP contribution < -0.4 is 20.5 Å². The van der Waals surface area contributed by atoms with Gasteiger partial charge in [-0.1, -0.05) is 36.3 Å². The zero-order chi connectivity index (χ0) is 35.5. The van der Waals surface area contributed by atoms with E-state index < -0.39 is 16.1 Å². The molecule has 0 unspecified atom stereocenters. The maximum Gasteiger partial charge on any atom is 0.267 e. The number of aliphatic hydroxyl groups is 1. The molecule has 0 aliphatic carbocycles. The molecule has 0 spiro atoms. The molecule has 0 bridgehead atoms. The fourth-order valence-corrected chi connectivity index (χ4v) is 7.20. The van der Waals surface area contributed by atoms with E-state index in [-0.39, 0.29) is 58.0 Å². The Morgan fingerprint density at radius 2 is 1.86 bits per heavy atom. The Hall–Kier alpha value is -4.92. The van der Waals surface area contributed by atoms with Gasteiger partial charge in [0.05, 0.1) is 29.6 Å². The number of anilines is 3. The molecule has 5 rings (SSSR count). The van der Waals surface area contributed by atoms with Gasteiger partial charge >= 0.3 is 0 Å². The third-order valence-electron chi connectivity index (χ3n) is 8.52. The molecule has 4 aromatic rings. The summed E-state index contributed by atoms with van der Waals surface area (Å²) >= 11 is 0. The van der Waals surface area contributed by atoms with E-state index in [1.165, 1.54) is 19.9 Å². The second-order valence-electron chi connectivity index (χ2n) is 12.5. The molecule has 1 aliphatic rings. The summed E-state index contributed by atoms with van der Waals surface area (Å²) in [6.45, 7) is 7.91. The molecule has 14 heteroatoms. The number of nitrogen functional groups attached to an aromatic ring is 1. The lowest BCUT2D eigenvalue weighted by Gasteiger charge is -2.38. The summed E-state index contributed by atoms with van der Waals surface area (Å²) in [6.07, 6.45) is -0.364. The fourth-order valence-electron chi connectivity index (χ4n) is 5.82. The maximum atomic E-state index is 13.8. The quantitative estimate of drug-likeness (QED) is 0.166. The smallest absolute Gasteiger partial charge is 0.267 e. The summed E-state index contributed by atoms with van der Waals surface area (Å²) in [5, 5.41) is 16.6. The number of hydrogen-bond donors (Lipinski definition) is 4. The molecule has 0 fully saturated rings. The van der Waals surface area contributed by atoms with Crippen molar-refractivity contribution in [2.24, 2.45) is 5.92 Å². The summed E-state index contributed by atoms with van der Waals surface area (Å²) in [6, 6.07) is 18.5. The Morgan fingerprint density at radius 1 is 1.14 bits per heavy atom. The Kier molecular flexibility index (Phi) is 10.6. The molecule has 5 N–H and O–H groups in total. The number of nitrogens with two attached hydrogens (primary N) is 1. The predicted octanol–water partition coefficient (Wildman–Crippen LogP) is 4.28. The number of benzene rings is 3. The molecule has 2 amide bonds. The highest BCUT2D eigenvalue weighted by atomic mass is 32.2. The number of likely N-dealkylation sites (N-methyl/N-ethyl adjacent to an activating group) is 1. The minimum atomic E-state index is -4.06. The van der Waals surface area contributed by atoms with Crippen LogP contribution in [0.25, 0.3) is 0 Å². The predicted molar refractivity (Wildman–Crippen MR) is 186 cm³/mol. The monoisotopic (exact) mass is 690 g/mol. The third-order valence-corrected chi connectivity index (χ3v) is 10.1. The van der Waals surface area contributed by atoms with E-state index in [0.29, 0.717) is 42.3 Å². The number of aromatic nitrogens is 1. The highest BCUT2D eigenvalue weighted by molar-refractivity contribution is 7.92. The van der Waals surface area contributed by atoms with Gasteiger partial charge in [0.25, 0.3) is 21.8 Å². The van der Waals surface area contributed by atoms with Crippen molar-refractivity contribution < 1.29 is 32.4 Å². The van der Waals surface area contributed by atoms with Gasteiger partial charge in [-0.3, -0.25) is 19.2 Å². The average Bonchev–Trinajstić information content (AvgIpc) is 3.42. The summed E-state index contributed by atoms with van der Waals surface area (Å²) in [4.78, 5) is 30.2. The molecule has 0 saturated carbocycles. The molecular weight excluding hydrogens is 648 g/mol. The Balaban J connectivity index is 1.33. The van der Waals surface area contributed by atoms with Gasteiger partial charge in [-0.05, 0) is 75.8 Å². The number of para-hydroxylation sites is 2. The number of aryl methyl sites for hydroxylation is 2. The van der Waals surface area contributed by atoms with Crippen molar-refractivity contribution in [1.29, 1.82) is 0 Å². The largest absolute Gasteiger partial charge is 0.488 e. The lowest BCUT2D eigenvalue weighted by atomic mass is 9.99. The van der Waals surface area contributed by atoms with E-state index in [2.05, 4.69) is 20.1 Å². The molecule has 1 aromatic heterocycles. The summed E-state index contributed by atoms with van der Waals surface area (Å²) in [7, 11) is -2.10. The van der Waals surface area contributed by atoms with Crippen LogP contribution in [-0.2, 0) is 16.6 Å². The average molecular weight is 691 g/mol. The van der Waals surface area contributed by atoms with Crippen molar-refractivity contribution in [2.45, 2.75) is 51.3 Å². The molecule has 3 atom stereocenters. The van der Waals surface area contributed by atoms with Gasteiger partial charge in [-0.2, -0.15) is 0 Å². The topological polar surface area (TPSA) is 180 Å². The molecule has 0 radical (unpaired) electrons. The lowest BCUT2D eigenvalue weighted by molar-refractivity contribution is 0.0341. The van der Waals surface area contributed by atoms with E-state index in [1.807, 2.05) is 26.1 Å². The number of nitrogens with one attached hydrogen (secondary N) is 2. The number of nitrogens with zero attached hydrogens (tertiary/aromatic N) is 3. The van der Waals surface area contributed by atoms with E-state index in [9.17, 15) is 23.1 Å². The number of amides is 2. The summed E-state index contributed by atoms with van der Waals surface area (Å²) in [5.74, 6) is -0.311. The van der Waals surface area contributed by atoms with Gasteiger partial charge in [0.1, 0.15) is 17.5 Å². The van der Waals surface area contributed by atoms with Crippen LogP contribution in [0, 0.1) is 19.8 Å². The van der Waals surface area contributed by atoms with Gasteiger partial charge in [-0.15, -0.1) is 0 Å². The van der Waals surface area contributed by atoms with Crippen LogP contribution in [-0.4, -0.2) is 79.2 Å². The zero-order valence-corrected chi connectivity index (χ0v) is 29.0. The first-order chi connectivity index (χ1) is 23.3. The van der Waals surface area contributed by atoms with Crippen LogP contribution in [0.1, 0.15) is 51.6 Å². The van der Waals surface area contributed by atoms with Gasteiger partial charge < -0.3 is 30.3 Å². The minimum Gasteiger partial charge on any atom is -0.488 e. The zero-order valence-electron chi connectivity index (χ0n) is 28.1. The molecule has 0 saturated heterocycles. The van der Waals surface area contributed by atoms with Crippen LogP contribution >= 0.6 is 0 Å². The molecule has 3 aromatic carbocycles. The standard InChI is InChI=1S/C35H42N6O7S/c1-21-17-41(22(2)20-42)35(44)28-16-27(39-49(45,46)33-23(3)38-48-24(33)4)14-15-31(28)47-32(21)19-40(5)18-25-10-12-26(13-11-25)34(43)37-30-9-7-6-8-29(30)36/h6-16,21-22,32,39,42H,17-20,36H2,1-5H3,(H,37,43)/t21-,22+,32-/m1/s1. The highest BCUT2D eigenvalue weighted by Gasteiger charge is 2.34. The van der Waals surface area contributed by atoms with E-state index in [4.69, 9.17) is 15.0 Å². The normalized spacial score (nSPS) is 17.1. The Bertz CT molecular complexity index is 1910. The molecule has 2 heterocycles. The lowest BCUT2D eigenvalue weighted by Crippen LogP contribution is -2.49. The molecule has 1 aliphatic heterocycles. The van der Waals surface area contributed by atoms with Crippen molar-refractivity contribution in [3.05, 3.63) is 94.9 Å². The van der Waals surface area contributed by atoms with Gasteiger partial charge in [0, 0.05) is 36.8 Å². The second-order valence-corrected chi connectivity index (χ2v) is 14.1. The molecule has 260 valence electrons. The first-order valence-corrected chi connectivity index (χ1v) is 17.4. The summed E-state index contributed by atoms with van der Waals surface area (Å²) < 4.78 is 40.5. The Morgan fingerprint density at radius 3 is 2.51 bits per heavy atom. The van der Waals surface area contributed by atoms with Crippen molar-refractivity contribution in [2.75, 3.05) is 42.5 Å². The van der Waals surface area contributed by atoms with Gasteiger partial charge in [0.15, 0.2) is 10.7 Å². The van der Waals surface area contributed by atoms with Crippen molar-refractivity contribution in [3.8, 4) is 5.75 Å². The van der Waals surface area contributed by atoms with Crippen LogP contribution in [0.2, 0.25) is 0 Å². The number of ether oxygens (including phenoxy) is 1. The van der Waals surface area contributed by atoms with Crippen LogP contribution in [0.5, 0.6) is 5.75 Å². The number of hydrogen-bond acceptors (Lipinski definition) is 10. The number of sulfonamides is 1. The van der Waals surface area contributed by atoms with Crippen LogP contribution in [0.15, 0.2) is 76.1 Å². The van der Waals surface area contributed by atoms with Crippen molar-refractivity contribution >= 4 is 38.9 Å². The first-order valence-electron chi connectivity index (χ1n) is 15.9. The van der Waals surface area contributed by atoms with E-state index >= 15 is 0 Å². The second kappa shape index (κ2) is 14.7. The van der Waals surface area contributed by atoms with Crippen LogP contribution in [0.4, 0.5) is 17.1 Å². The number of carbonyl (C=O) groups excluding carboxylic acids is 2. The van der Waals surface area contributed by atoms with E-state index in [1.54, 1.807) is 60.4 Å². The molecular formula is C35H42N6O7S. The third kappa shape index (κ3) is 8.04. The Labute approximate surface area is 286 Å². The number of fused-ring (bicyclic) bond motifs is 1. The van der Waals surface area contributed by atoms with Crippen LogP contribution in [0.3, 0.4) is 0 Å². The molecule has 49 heavy (non-hydrogen) atoms. The van der Waals surface area contributed by atoms with Gasteiger partial charge in [-0.25, -0.2) is 8.42 Å². The SMILES string of the molecule is Cc1noc(C)c1S(=O)(=O)Nc1ccc2c(c1)C(=O)N([C@@H](C)CO)C[C@@H](C)[C@@H](CN(C)Cc1ccc(C(=O)Nc3ccccc3N)cc1)O2. The van der Waals surface area contributed by atoms with E-state index in [0.717, 1.165) is 5.56 Å². The number of carbonyl (C=O) groups is 2.